The standard InChI is InChI=1S/C14H16N2O5S/c1-9(17)22-8-10-5-14(18)15(7-10)11-3-4-13(21-2)12(6-11)16(19)20/h3-4,6,10H,5,7-8H2,1-2H3. The first-order valence-corrected chi connectivity index (χ1v) is 7.67. The van der Waals surface area contributed by atoms with Crippen molar-refractivity contribution in [2.24, 2.45) is 5.92 Å². The molecule has 1 unspecified atom stereocenters. The zero-order valence-electron chi connectivity index (χ0n) is 12.3. The highest BCUT2D eigenvalue weighted by atomic mass is 32.2. The molecule has 118 valence electrons. The monoisotopic (exact) mass is 324 g/mol. The van der Waals surface area contributed by atoms with E-state index in [1.165, 1.54) is 42.8 Å². The van der Waals surface area contributed by atoms with Gasteiger partial charge in [-0.05, 0) is 18.1 Å². The van der Waals surface area contributed by atoms with Crippen molar-refractivity contribution < 1.29 is 19.2 Å². The summed E-state index contributed by atoms with van der Waals surface area (Å²) in [6, 6.07) is 4.46. The number of thioether (sulfide) groups is 1. The molecule has 1 aliphatic rings. The number of methoxy groups -OCH3 is 1. The fourth-order valence-electron chi connectivity index (χ4n) is 2.37. The maximum atomic E-state index is 12.1. The summed E-state index contributed by atoms with van der Waals surface area (Å²) in [5.41, 5.74) is 0.308. The first kappa shape index (κ1) is 16.3. The third-order valence-corrected chi connectivity index (χ3v) is 4.44. The van der Waals surface area contributed by atoms with Crippen LogP contribution >= 0.6 is 11.8 Å². The molecule has 1 aromatic carbocycles. The van der Waals surface area contributed by atoms with Crippen molar-refractivity contribution in [1.29, 1.82) is 0 Å². The average Bonchev–Trinajstić information content (AvgIpc) is 2.85. The second-order valence-corrected chi connectivity index (χ2v) is 6.19. The molecule has 1 fully saturated rings. The highest BCUT2D eigenvalue weighted by molar-refractivity contribution is 8.13. The van der Waals surface area contributed by atoms with E-state index in [9.17, 15) is 19.7 Å². The van der Waals surface area contributed by atoms with Gasteiger partial charge in [0.15, 0.2) is 10.9 Å². The highest BCUT2D eigenvalue weighted by Gasteiger charge is 2.32. The lowest BCUT2D eigenvalue weighted by Crippen LogP contribution is -2.24. The number of hydrogen-bond donors (Lipinski definition) is 0. The Bertz CT molecular complexity index is 619. The van der Waals surface area contributed by atoms with Crippen LogP contribution < -0.4 is 9.64 Å². The predicted octanol–water partition coefficient (Wildman–Crippen LogP) is 2.24. The van der Waals surface area contributed by atoms with Crippen molar-refractivity contribution in [2.75, 3.05) is 24.3 Å². The molecule has 0 aromatic heterocycles. The molecule has 1 aromatic rings. The molecule has 0 spiro atoms. The molecule has 0 radical (unpaired) electrons. The summed E-state index contributed by atoms with van der Waals surface area (Å²) in [5, 5.41) is 11.1. The van der Waals surface area contributed by atoms with Crippen LogP contribution in [0.2, 0.25) is 0 Å². The average molecular weight is 324 g/mol. The third-order valence-electron chi connectivity index (χ3n) is 3.40. The summed E-state index contributed by atoms with van der Waals surface area (Å²) in [6.07, 6.45) is 0.347. The van der Waals surface area contributed by atoms with E-state index in [0.717, 1.165) is 0 Å². The number of carbonyl (C=O) groups excluding carboxylic acids is 2. The van der Waals surface area contributed by atoms with Gasteiger partial charge in [0.05, 0.1) is 17.7 Å². The van der Waals surface area contributed by atoms with Crippen LogP contribution in [0, 0.1) is 16.0 Å². The molecule has 1 atom stereocenters. The number of rotatable bonds is 5. The van der Waals surface area contributed by atoms with Crippen molar-refractivity contribution in [3.05, 3.63) is 28.3 Å². The second-order valence-electron chi connectivity index (χ2n) is 4.99. The Labute approximate surface area is 131 Å². The largest absolute Gasteiger partial charge is 0.490 e. The zero-order valence-corrected chi connectivity index (χ0v) is 13.1. The Balaban J connectivity index is 2.18. The van der Waals surface area contributed by atoms with Crippen LogP contribution in [-0.4, -0.2) is 35.4 Å². The number of nitro groups is 1. The number of nitro benzene ring substituents is 1. The molecule has 1 heterocycles. The Morgan fingerprint density at radius 1 is 1.55 bits per heavy atom. The first-order valence-electron chi connectivity index (χ1n) is 6.68. The maximum Gasteiger partial charge on any atom is 0.312 e. The van der Waals surface area contributed by atoms with Crippen LogP contribution in [0.5, 0.6) is 5.75 Å². The molecule has 0 N–H and O–H groups in total. The SMILES string of the molecule is COc1ccc(N2CC(CSC(C)=O)CC2=O)cc1[N+](=O)[O-]. The molecule has 1 amide bonds. The van der Waals surface area contributed by atoms with Crippen molar-refractivity contribution in [3.63, 3.8) is 0 Å². The smallest absolute Gasteiger partial charge is 0.312 e. The van der Waals surface area contributed by atoms with Gasteiger partial charge in [0, 0.05) is 31.7 Å². The quantitative estimate of drug-likeness (QED) is 0.609. The lowest BCUT2D eigenvalue weighted by Gasteiger charge is -2.17. The first-order chi connectivity index (χ1) is 10.4. The molecular formula is C14H16N2O5S. The Morgan fingerprint density at radius 3 is 2.86 bits per heavy atom. The van der Waals surface area contributed by atoms with Crippen LogP contribution in [0.15, 0.2) is 18.2 Å². The van der Waals surface area contributed by atoms with Crippen LogP contribution in [0.3, 0.4) is 0 Å². The van der Waals surface area contributed by atoms with Gasteiger partial charge in [-0.2, -0.15) is 0 Å². The molecule has 0 bridgehead atoms. The highest BCUT2D eigenvalue weighted by Crippen LogP contribution is 2.34. The van der Waals surface area contributed by atoms with Crippen LogP contribution in [0.25, 0.3) is 0 Å². The second kappa shape index (κ2) is 6.78. The van der Waals surface area contributed by atoms with Gasteiger partial charge in [0.25, 0.3) is 0 Å². The normalized spacial score (nSPS) is 17.6. The molecular weight excluding hydrogens is 308 g/mol. The zero-order chi connectivity index (χ0) is 16.3. The predicted molar refractivity (Wildman–Crippen MR) is 83.2 cm³/mol. The van der Waals surface area contributed by atoms with E-state index in [1.54, 1.807) is 6.07 Å². The number of amides is 1. The minimum Gasteiger partial charge on any atom is -0.490 e. The number of benzene rings is 1. The van der Waals surface area contributed by atoms with Crippen LogP contribution in [-0.2, 0) is 9.59 Å². The summed E-state index contributed by atoms with van der Waals surface area (Å²) in [4.78, 5) is 35.1. The molecule has 7 nitrogen and oxygen atoms in total. The van der Waals surface area contributed by atoms with E-state index < -0.39 is 4.92 Å². The van der Waals surface area contributed by atoms with E-state index >= 15 is 0 Å². The Kier molecular flexibility index (Phi) is 5.02. The molecule has 8 heteroatoms. The van der Waals surface area contributed by atoms with Gasteiger partial charge in [0.1, 0.15) is 0 Å². The minimum absolute atomic E-state index is 0.0194. The lowest BCUT2D eigenvalue weighted by atomic mass is 10.1. The van der Waals surface area contributed by atoms with Gasteiger partial charge < -0.3 is 9.64 Å². The van der Waals surface area contributed by atoms with Gasteiger partial charge in [-0.15, -0.1) is 0 Å². The van der Waals surface area contributed by atoms with E-state index in [1.807, 2.05) is 0 Å². The number of anilines is 1. The van der Waals surface area contributed by atoms with Crippen molar-refractivity contribution in [3.8, 4) is 5.75 Å². The Hall–Kier alpha value is -2.09. The fraction of sp³-hybridized carbons (Fsp3) is 0.429. The summed E-state index contributed by atoms with van der Waals surface area (Å²) in [6.45, 7) is 1.95. The molecule has 22 heavy (non-hydrogen) atoms. The van der Waals surface area contributed by atoms with Gasteiger partial charge in [-0.3, -0.25) is 19.7 Å². The summed E-state index contributed by atoms with van der Waals surface area (Å²) < 4.78 is 4.95. The van der Waals surface area contributed by atoms with E-state index in [2.05, 4.69) is 0 Å². The summed E-state index contributed by atoms with van der Waals surface area (Å²) in [5.74, 6) is 0.718. The summed E-state index contributed by atoms with van der Waals surface area (Å²) >= 11 is 1.20. The van der Waals surface area contributed by atoms with Crippen molar-refractivity contribution in [1.82, 2.24) is 0 Å². The minimum atomic E-state index is -0.536. The van der Waals surface area contributed by atoms with Crippen molar-refractivity contribution >= 4 is 34.2 Å². The topological polar surface area (TPSA) is 89.8 Å². The molecule has 2 rings (SSSR count). The van der Waals surface area contributed by atoms with Crippen LogP contribution in [0.1, 0.15) is 13.3 Å². The Morgan fingerprint density at radius 2 is 2.27 bits per heavy atom. The molecule has 0 saturated carbocycles. The summed E-state index contributed by atoms with van der Waals surface area (Å²) in [7, 11) is 1.36. The van der Waals surface area contributed by atoms with Crippen molar-refractivity contribution in [2.45, 2.75) is 13.3 Å². The third kappa shape index (κ3) is 3.56. The van der Waals surface area contributed by atoms with Gasteiger partial charge >= 0.3 is 5.69 Å². The molecule has 1 aliphatic heterocycles. The lowest BCUT2D eigenvalue weighted by molar-refractivity contribution is -0.385. The fourth-order valence-corrected chi connectivity index (χ4v) is 3.06. The number of hydrogen-bond acceptors (Lipinski definition) is 6. The van der Waals surface area contributed by atoms with E-state index in [-0.39, 0.29) is 28.4 Å². The number of nitrogens with zero attached hydrogens (tertiary/aromatic N) is 2. The number of carbonyl (C=O) groups is 2. The molecule has 1 saturated heterocycles. The maximum absolute atomic E-state index is 12.1. The van der Waals surface area contributed by atoms with Gasteiger partial charge in [-0.1, -0.05) is 11.8 Å². The van der Waals surface area contributed by atoms with Gasteiger partial charge in [-0.25, -0.2) is 0 Å². The molecule has 0 aliphatic carbocycles. The van der Waals surface area contributed by atoms with Crippen LogP contribution in [0.4, 0.5) is 11.4 Å². The van der Waals surface area contributed by atoms with Gasteiger partial charge in [0.2, 0.25) is 5.91 Å². The number of ether oxygens (including phenoxy) is 1. The van der Waals surface area contributed by atoms with E-state index in [4.69, 9.17) is 4.74 Å². The van der Waals surface area contributed by atoms with E-state index in [0.29, 0.717) is 24.4 Å².